The smallest absolute Gasteiger partial charge is 0.259 e. The first-order chi connectivity index (χ1) is 29.6. The van der Waals surface area contributed by atoms with Gasteiger partial charge in [-0.3, -0.25) is 0 Å². The van der Waals surface area contributed by atoms with Gasteiger partial charge in [0.25, 0.3) is 5.79 Å². The standard InChI is InChI=1S/C59H62O4/c1-53(2,3)41-55(7,8)49-33-27-43(28-34-49)25-31-45-19-13-15-21-47(45)37-39-57(60)51-23-17-18-24-52(51)58(61,59(57,62-11)63-12)40-38-48-22-16-14-20-46(48)32-26-44-29-35-50(36-30-44)56(9,10)42-54(4,5)6/h13-24,27-30,33-36,60-61H,41-42H2,1-12H3/t57-,58-/m0/s1. The van der Waals surface area contributed by atoms with Crippen LogP contribution in [0.2, 0.25) is 0 Å². The number of hydrogen-bond acceptors (Lipinski definition) is 4. The minimum absolute atomic E-state index is 0.0274. The maximum atomic E-state index is 12.8. The van der Waals surface area contributed by atoms with Crippen molar-refractivity contribution in [3.05, 3.63) is 177 Å². The lowest BCUT2D eigenvalue weighted by Gasteiger charge is -2.42. The van der Waals surface area contributed by atoms with Crippen molar-refractivity contribution in [2.75, 3.05) is 14.2 Å². The second kappa shape index (κ2) is 17.7. The van der Waals surface area contributed by atoms with Crippen LogP contribution in [0.1, 0.15) is 138 Å². The molecule has 63 heavy (non-hydrogen) atoms. The molecule has 0 spiro atoms. The minimum Gasteiger partial charge on any atom is -0.369 e. The van der Waals surface area contributed by atoms with E-state index in [1.807, 2.05) is 48.5 Å². The van der Waals surface area contributed by atoms with Crippen LogP contribution in [0.5, 0.6) is 0 Å². The van der Waals surface area contributed by atoms with E-state index in [4.69, 9.17) is 9.47 Å². The van der Waals surface area contributed by atoms with Crippen molar-refractivity contribution in [2.45, 2.75) is 110 Å². The number of fused-ring (bicyclic) bond motifs is 1. The Morgan fingerprint density at radius 2 is 0.714 bits per heavy atom. The third-order valence-corrected chi connectivity index (χ3v) is 11.8. The fraction of sp³-hybridized carbons (Fsp3) is 0.356. The van der Waals surface area contributed by atoms with Gasteiger partial charge in [0.1, 0.15) is 0 Å². The molecule has 0 amide bonds. The summed E-state index contributed by atoms with van der Waals surface area (Å²) in [5, 5.41) is 25.6. The zero-order valence-corrected chi connectivity index (χ0v) is 39.2. The number of benzene rings is 5. The van der Waals surface area contributed by atoms with E-state index in [2.05, 4.69) is 165 Å². The maximum Gasteiger partial charge on any atom is 0.259 e. The lowest BCUT2D eigenvalue weighted by atomic mass is 9.72. The van der Waals surface area contributed by atoms with E-state index in [1.165, 1.54) is 25.3 Å². The molecule has 0 aromatic heterocycles. The molecule has 322 valence electrons. The van der Waals surface area contributed by atoms with Crippen molar-refractivity contribution in [3.63, 3.8) is 0 Å². The molecule has 6 rings (SSSR count). The lowest BCUT2D eigenvalue weighted by Crippen LogP contribution is -2.61. The molecule has 0 unspecified atom stereocenters. The third-order valence-electron chi connectivity index (χ3n) is 11.8. The molecule has 2 atom stereocenters. The molecular weight excluding hydrogens is 773 g/mol. The fourth-order valence-corrected chi connectivity index (χ4v) is 9.57. The predicted octanol–water partition coefficient (Wildman–Crippen LogP) is 11.4. The van der Waals surface area contributed by atoms with Crippen LogP contribution >= 0.6 is 0 Å². The highest BCUT2D eigenvalue weighted by Gasteiger charge is 2.72. The first-order valence-electron chi connectivity index (χ1n) is 21.7. The largest absolute Gasteiger partial charge is 0.369 e. The molecule has 0 saturated carbocycles. The summed E-state index contributed by atoms with van der Waals surface area (Å²) < 4.78 is 12.1. The van der Waals surface area contributed by atoms with Gasteiger partial charge in [-0.15, -0.1) is 0 Å². The zero-order chi connectivity index (χ0) is 45.9. The fourth-order valence-electron chi connectivity index (χ4n) is 9.57. The van der Waals surface area contributed by atoms with Gasteiger partial charge in [-0.1, -0.05) is 189 Å². The summed E-state index contributed by atoms with van der Waals surface area (Å²) in [5.41, 5.74) is 3.65. The maximum absolute atomic E-state index is 12.8. The van der Waals surface area contributed by atoms with Crippen LogP contribution in [0.15, 0.2) is 121 Å². The van der Waals surface area contributed by atoms with Gasteiger partial charge in [0.15, 0.2) is 0 Å². The van der Waals surface area contributed by atoms with Crippen LogP contribution in [0.25, 0.3) is 0 Å². The van der Waals surface area contributed by atoms with E-state index >= 15 is 0 Å². The molecular formula is C59H62O4. The molecule has 5 aromatic rings. The van der Waals surface area contributed by atoms with E-state index in [1.54, 1.807) is 24.3 Å². The normalized spacial score (nSPS) is 18.0. The Hall–Kier alpha value is -5.82. The first-order valence-corrected chi connectivity index (χ1v) is 21.7. The average molecular weight is 835 g/mol. The molecule has 0 saturated heterocycles. The Bertz CT molecular complexity index is 2520. The highest BCUT2D eigenvalue weighted by molar-refractivity contribution is 5.61. The van der Waals surface area contributed by atoms with Crippen LogP contribution in [0.3, 0.4) is 0 Å². The van der Waals surface area contributed by atoms with Crippen LogP contribution in [-0.2, 0) is 31.5 Å². The Balaban J connectivity index is 1.34. The van der Waals surface area contributed by atoms with Gasteiger partial charge in [-0.05, 0) is 94.2 Å². The van der Waals surface area contributed by atoms with E-state index in [-0.39, 0.29) is 21.7 Å². The molecule has 1 aliphatic carbocycles. The molecule has 0 heterocycles. The van der Waals surface area contributed by atoms with Crippen LogP contribution in [-0.4, -0.2) is 30.2 Å². The number of methoxy groups -OCH3 is 2. The van der Waals surface area contributed by atoms with Crippen molar-refractivity contribution in [3.8, 4) is 47.4 Å². The number of rotatable bonds is 6. The first kappa shape index (κ1) is 46.7. The summed E-state index contributed by atoms with van der Waals surface area (Å²) in [6, 6.07) is 38.9. The van der Waals surface area contributed by atoms with Crippen LogP contribution < -0.4 is 0 Å². The molecule has 0 fully saturated rings. The molecule has 1 aliphatic rings. The van der Waals surface area contributed by atoms with Crippen molar-refractivity contribution in [1.82, 2.24) is 0 Å². The van der Waals surface area contributed by atoms with Gasteiger partial charge in [-0.2, -0.15) is 0 Å². The Morgan fingerprint density at radius 1 is 0.413 bits per heavy atom. The summed E-state index contributed by atoms with van der Waals surface area (Å²) in [5.74, 6) is 23.6. The average Bonchev–Trinajstić information content (AvgIpc) is 3.39. The van der Waals surface area contributed by atoms with Gasteiger partial charge in [0.05, 0.1) is 0 Å². The SMILES string of the molecule is COC1(OC)[C@](O)(C#Cc2ccccc2C#Cc2ccc(C(C)(C)CC(C)(C)C)cc2)c2ccccc2[C@@]1(O)C#Cc1ccccc1C#Cc1ccc(C(C)(C)CC(C)(C)C)cc1. The summed E-state index contributed by atoms with van der Waals surface area (Å²) in [6.45, 7) is 22.8. The van der Waals surface area contributed by atoms with E-state index in [9.17, 15) is 10.2 Å². The molecule has 5 aromatic carbocycles. The number of ether oxygens (including phenoxy) is 2. The predicted molar refractivity (Wildman–Crippen MR) is 257 cm³/mol. The highest BCUT2D eigenvalue weighted by atomic mass is 16.7. The third kappa shape index (κ3) is 9.88. The van der Waals surface area contributed by atoms with Crippen LogP contribution in [0.4, 0.5) is 0 Å². The van der Waals surface area contributed by atoms with Gasteiger partial charge in [0.2, 0.25) is 11.2 Å². The van der Waals surface area contributed by atoms with Gasteiger partial charge in [-0.25, -0.2) is 0 Å². The van der Waals surface area contributed by atoms with E-state index < -0.39 is 17.0 Å². The molecule has 0 bridgehead atoms. The second-order valence-corrected chi connectivity index (χ2v) is 20.5. The molecule has 2 N–H and O–H groups in total. The highest BCUT2D eigenvalue weighted by Crippen LogP contribution is 2.56. The van der Waals surface area contributed by atoms with Gasteiger partial charge in [0, 0.05) is 58.7 Å². The Morgan fingerprint density at radius 3 is 1.02 bits per heavy atom. The topological polar surface area (TPSA) is 58.9 Å². The summed E-state index contributed by atoms with van der Waals surface area (Å²) >= 11 is 0. The number of aliphatic hydroxyl groups is 2. The Kier molecular flexibility index (Phi) is 13.1. The van der Waals surface area contributed by atoms with E-state index in [0.29, 0.717) is 33.4 Å². The Labute approximate surface area is 377 Å². The van der Waals surface area contributed by atoms with Crippen molar-refractivity contribution < 1.29 is 19.7 Å². The molecule has 0 radical (unpaired) electrons. The zero-order valence-electron chi connectivity index (χ0n) is 39.2. The van der Waals surface area contributed by atoms with Gasteiger partial charge >= 0.3 is 0 Å². The van der Waals surface area contributed by atoms with Crippen LogP contribution in [0, 0.1) is 58.2 Å². The monoisotopic (exact) mass is 834 g/mol. The van der Waals surface area contributed by atoms with Crippen molar-refractivity contribution >= 4 is 0 Å². The van der Waals surface area contributed by atoms with Crippen molar-refractivity contribution in [2.24, 2.45) is 10.8 Å². The lowest BCUT2D eigenvalue weighted by molar-refractivity contribution is -0.339. The summed E-state index contributed by atoms with van der Waals surface area (Å²) in [7, 11) is 2.75. The van der Waals surface area contributed by atoms with Gasteiger partial charge < -0.3 is 19.7 Å². The second-order valence-electron chi connectivity index (χ2n) is 20.5. The van der Waals surface area contributed by atoms with E-state index in [0.717, 1.165) is 24.0 Å². The van der Waals surface area contributed by atoms with Crippen molar-refractivity contribution in [1.29, 1.82) is 0 Å². The molecule has 4 nitrogen and oxygen atoms in total. The molecule has 0 aliphatic heterocycles. The number of hydrogen-bond donors (Lipinski definition) is 2. The quantitative estimate of drug-likeness (QED) is 0.132. The summed E-state index contributed by atoms with van der Waals surface area (Å²) in [6.07, 6.45) is 2.11. The summed E-state index contributed by atoms with van der Waals surface area (Å²) in [4.78, 5) is 0. The molecule has 4 heteroatoms. The minimum atomic E-state index is -2.17.